The Labute approximate surface area is 116 Å². The third-order valence-electron chi connectivity index (χ3n) is 2.82. The van der Waals surface area contributed by atoms with E-state index in [9.17, 15) is 0 Å². The van der Waals surface area contributed by atoms with Crippen LogP contribution in [0.1, 0.15) is 16.9 Å². The number of hydrazine groups is 1. The molecule has 0 saturated carbocycles. The third-order valence-corrected chi connectivity index (χ3v) is 4.07. The van der Waals surface area contributed by atoms with Crippen LogP contribution in [0.2, 0.25) is 4.34 Å². The Bertz CT molecular complexity index is 472. The average Bonchev–Trinajstić information content (AvgIpc) is 2.81. The molecular formula is C13H16ClN3S. The SMILES string of the molecule is NNC(CCc1cccnc1)Cc1ccc(Cl)s1. The normalized spacial score (nSPS) is 12.6. The van der Waals surface area contributed by atoms with E-state index in [0.717, 1.165) is 23.6 Å². The van der Waals surface area contributed by atoms with Gasteiger partial charge >= 0.3 is 0 Å². The first-order chi connectivity index (χ1) is 8.78. The van der Waals surface area contributed by atoms with Crippen molar-refractivity contribution in [1.29, 1.82) is 0 Å². The number of rotatable bonds is 6. The maximum atomic E-state index is 5.92. The van der Waals surface area contributed by atoms with Crippen molar-refractivity contribution in [3.63, 3.8) is 0 Å². The second-order valence-corrected chi connectivity index (χ2v) is 5.97. The number of hydrogen-bond donors (Lipinski definition) is 2. The van der Waals surface area contributed by atoms with Gasteiger partial charge in [-0.25, -0.2) is 0 Å². The van der Waals surface area contributed by atoms with Crippen LogP contribution in [-0.4, -0.2) is 11.0 Å². The van der Waals surface area contributed by atoms with Crippen molar-refractivity contribution in [2.24, 2.45) is 5.84 Å². The second-order valence-electron chi connectivity index (χ2n) is 4.17. The highest BCUT2D eigenvalue weighted by atomic mass is 35.5. The number of nitrogens with one attached hydrogen (secondary N) is 1. The molecule has 0 aliphatic rings. The van der Waals surface area contributed by atoms with Gasteiger partial charge in [-0.05, 0) is 43.0 Å². The Morgan fingerprint density at radius 1 is 1.39 bits per heavy atom. The van der Waals surface area contributed by atoms with Gasteiger partial charge < -0.3 is 0 Å². The molecule has 0 radical (unpaired) electrons. The molecule has 5 heteroatoms. The van der Waals surface area contributed by atoms with Crippen molar-refractivity contribution in [2.75, 3.05) is 0 Å². The summed E-state index contributed by atoms with van der Waals surface area (Å²) in [4.78, 5) is 5.37. The van der Waals surface area contributed by atoms with E-state index >= 15 is 0 Å². The fraction of sp³-hybridized carbons (Fsp3) is 0.308. The largest absolute Gasteiger partial charge is 0.271 e. The van der Waals surface area contributed by atoms with Crippen molar-refractivity contribution in [3.8, 4) is 0 Å². The number of aromatic nitrogens is 1. The van der Waals surface area contributed by atoms with Crippen LogP contribution in [0.4, 0.5) is 0 Å². The number of aryl methyl sites for hydroxylation is 1. The monoisotopic (exact) mass is 281 g/mol. The first kappa shape index (κ1) is 13.5. The second kappa shape index (κ2) is 6.85. The van der Waals surface area contributed by atoms with Gasteiger partial charge in [0, 0.05) is 23.3 Å². The van der Waals surface area contributed by atoms with Crippen LogP contribution in [0.25, 0.3) is 0 Å². The zero-order valence-electron chi connectivity index (χ0n) is 9.97. The molecule has 0 fully saturated rings. The lowest BCUT2D eigenvalue weighted by Crippen LogP contribution is -2.36. The third kappa shape index (κ3) is 4.07. The summed E-state index contributed by atoms with van der Waals surface area (Å²) in [7, 11) is 0. The van der Waals surface area contributed by atoms with Crippen molar-refractivity contribution in [3.05, 3.63) is 51.4 Å². The molecule has 0 aromatic carbocycles. The molecule has 1 atom stereocenters. The number of pyridine rings is 1. The minimum Gasteiger partial charge on any atom is -0.271 e. The summed E-state index contributed by atoms with van der Waals surface area (Å²) in [5.41, 5.74) is 4.11. The van der Waals surface area contributed by atoms with Crippen LogP contribution in [0.5, 0.6) is 0 Å². The van der Waals surface area contributed by atoms with Gasteiger partial charge in [-0.15, -0.1) is 11.3 Å². The molecule has 2 aromatic rings. The molecule has 3 N–H and O–H groups in total. The van der Waals surface area contributed by atoms with E-state index in [1.807, 2.05) is 18.3 Å². The molecule has 3 nitrogen and oxygen atoms in total. The number of nitrogens with two attached hydrogens (primary N) is 1. The molecule has 0 amide bonds. The number of hydrogen-bond acceptors (Lipinski definition) is 4. The fourth-order valence-electron chi connectivity index (χ4n) is 1.84. The Hall–Kier alpha value is -0.940. The average molecular weight is 282 g/mol. The fourth-order valence-corrected chi connectivity index (χ4v) is 3.00. The number of thiophene rings is 1. The van der Waals surface area contributed by atoms with Crippen LogP contribution >= 0.6 is 22.9 Å². The minimum absolute atomic E-state index is 0.264. The molecule has 2 heterocycles. The molecule has 2 aromatic heterocycles. The molecule has 2 rings (SSSR count). The standard InChI is InChI=1S/C13H16ClN3S/c14-13-6-5-12(18-13)8-11(17-15)4-3-10-2-1-7-16-9-10/h1-2,5-7,9,11,17H,3-4,8,15H2. The lowest BCUT2D eigenvalue weighted by Gasteiger charge is -2.14. The Morgan fingerprint density at radius 3 is 2.89 bits per heavy atom. The van der Waals surface area contributed by atoms with E-state index in [1.54, 1.807) is 17.5 Å². The Morgan fingerprint density at radius 2 is 2.28 bits per heavy atom. The maximum Gasteiger partial charge on any atom is 0.0931 e. The molecule has 0 aliphatic carbocycles. The summed E-state index contributed by atoms with van der Waals surface area (Å²) in [5, 5.41) is 0. The van der Waals surface area contributed by atoms with Crippen LogP contribution in [-0.2, 0) is 12.8 Å². The predicted octanol–water partition coefficient (Wildman–Crippen LogP) is 2.80. The van der Waals surface area contributed by atoms with Crippen molar-refractivity contribution in [1.82, 2.24) is 10.4 Å². The lowest BCUT2D eigenvalue weighted by atomic mass is 10.0. The summed E-state index contributed by atoms with van der Waals surface area (Å²) in [6, 6.07) is 8.29. The maximum absolute atomic E-state index is 5.92. The molecule has 0 spiro atoms. The zero-order chi connectivity index (χ0) is 12.8. The van der Waals surface area contributed by atoms with Crippen molar-refractivity contribution in [2.45, 2.75) is 25.3 Å². The van der Waals surface area contributed by atoms with E-state index in [2.05, 4.69) is 22.5 Å². The highest BCUT2D eigenvalue weighted by molar-refractivity contribution is 7.16. The highest BCUT2D eigenvalue weighted by Gasteiger charge is 2.09. The van der Waals surface area contributed by atoms with Crippen LogP contribution in [0, 0.1) is 0 Å². The summed E-state index contributed by atoms with van der Waals surface area (Å²) < 4.78 is 0.827. The van der Waals surface area contributed by atoms with Crippen LogP contribution < -0.4 is 11.3 Å². The number of nitrogens with zero attached hydrogens (tertiary/aromatic N) is 1. The predicted molar refractivity (Wildman–Crippen MR) is 76.7 cm³/mol. The Balaban J connectivity index is 1.86. The first-order valence-corrected chi connectivity index (χ1v) is 7.06. The topological polar surface area (TPSA) is 50.9 Å². The van der Waals surface area contributed by atoms with Crippen molar-refractivity contribution >= 4 is 22.9 Å². The van der Waals surface area contributed by atoms with E-state index < -0.39 is 0 Å². The summed E-state index contributed by atoms with van der Waals surface area (Å²) in [6.45, 7) is 0. The van der Waals surface area contributed by atoms with Gasteiger partial charge in [-0.2, -0.15) is 0 Å². The minimum atomic E-state index is 0.264. The van der Waals surface area contributed by atoms with Gasteiger partial charge in [-0.3, -0.25) is 16.3 Å². The van der Waals surface area contributed by atoms with Gasteiger partial charge in [0.1, 0.15) is 0 Å². The molecule has 0 saturated heterocycles. The zero-order valence-corrected chi connectivity index (χ0v) is 11.5. The smallest absolute Gasteiger partial charge is 0.0931 e. The lowest BCUT2D eigenvalue weighted by molar-refractivity contribution is 0.494. The quantitative estimate of drug-likeness (QED) is 0.632. The van der Waals surface area contributed by atoms with E-state index in [-0.39, 0.29) is 6.04 Å². The van der Waals surface area contributed by atoms with Gasteiger partial charge in [0.05, 0.1) is 4.34 Å². The van der Waals surface area contributed by atoms with Crippen molar-refractivity contribution < 1.29 is 0 Å². The van der Waals surface area contributed by atoms with Crippen LogP contribution in [0.15, 0.2) is 36.7 Å². The Kier molecular flexibility index (Phi) is 5.13. The van der Waals surface area contributed by atoms with E-state index in [1.165, 1.54) is 10.4 Å². The summed E-state index contributed by atoms with van der Waals surface area (Å²) >= 11 is 7.53. The number of halogens is 1. The molecule has 0 aliphatic heterocycles. The van der Waals surface area contributed by atoms with E-state index in [4.69, 9.17) is 17.4 Å². The molecule has 0 bridgehead atoms. The van der Waals surface area contributed by atoms with Gasteiger partial charge in [0.25, 0.3) is 0 Å². The van der Waals surface area contributed by atoms with Crippen LogP contribution in [0.3, 0.4) is 0 Å². The summed E-state index contributed by atoms with van der Waals surface area (Å²) in [5.74, 6) is 5.60. The van der Waals surface area contributed by atoms with E-state index in [0.29, 0.717) is 0 Å². The molecule has 1 unspecified atom stereocenters. The molecular weight excluding hydrogens is 266 g/mol. The molecule has 96 valence electrons. The van der Waals surface area contributed by atoms with Gasteiger partial charge in [0.2, 0.25) is 0 Å². The summed E-state index contributed by atoms with van der Waals surface area (Å²) in [6.07, 6.45) is 6.55. The molecule has 18 heavy (non-hydrogen) atoms. The van der Waals surface area contributed by atoms with Gasteiger partial charge in [-0.1, -0.05) is 17.7 Å². The first-order valence-electron chi connectivity index (χ1n) is 5.87. The van der Waals surface area contributed by atoms with Gasteiger partial charge in [0.15, 0.2) is 0 Å². The highest BCUT2D eigenvalue weighted by Crippen LogP contribution is 2.23.